The van der Waals surface area contributed by atoms with Crippen molar-refractivity contribution in [3.63, 3.8) is 0 Å². The molecule has 4 nitrogen and oxygen atoms in total. The van der Waals surface area contributed by atoms with Crippen LogP contribution in [0.5, 0.6) is 0 Å². The number of hydrogen-bond acceptors (Lipinski definition) is 3. The van der Waals surface area contributed by atoms with Crippen LogP contribution in [0.4, 0.5) is 13.2 Å². The van der Waals surface area contributed by atoms with E-state index < -0.39 is 11.7 Å². The molecule has 0 spiro atoms. The molecule has 7 heteroatoms. The maximum absolute atomic E-state index is 13.1. The molecule has 3 rings (SSSR count). The Labute approximate surface area is 113 Å². The van der Waals surface area contributed by atoms with Gasteiger partial charge < -0.3 is 0 Å². The first kappa shape index (κ1) is 13.1. The molecular formula is C13H13F3N4. The molecule has 0 radical (unpaired) electrons. The zero-order valence-electron chi connectivity index (χ0n) is 10.6. The van der Waals surface area contributed by atoms with Crippen molar-refractivity contribution in [1.29, 1.82) is 0 Å². The van der Waals surface area contributed by atoms with Crippen LogP contribution in [-0.4, -0.2) is 19.7 Å². The molecule has 1 aliphatic rings. The molecule has 0 bridgehead atoms. The van der Waals surface area contributed by atoms with Gasteiger partial charge in [-0.05, 0) is 25.0 Å². The van der Waals surface area contributed by atoms with Gasteiger partial charge >= 0.3 is 6.18 Å². The molecule has 2 aromatic heterocycles. The number of alkyl halides is 3. The van der Waals surface area contributed by atoms with Crippen molar-refractivity contribution >= 4 is 0 Å². The van der Waals surface area contributed by atoms with Crippen molar-refractivity contribution in [1.82, 2.24) is 19.7 Å². The lowest BCUT2D eigenvalue weighted by Gasteiger charge is -2.15. The van der Waals surface area contributed by atoms with E-state index in [-0.39, 0.29) is 17.6 Å². The van der Waals surface area contributed by atoms with E-state index in [1.807, 2.05) is 0 Å². The summed E-state index contributed by atoms with van der Waals surface area (Å²) < 4.78 is 40.7. The molecule has 1 fully saturated rings. The average molecular weight is 282 g/mol. The predicted octanol–water partition coefficient (Wildman–Crippen LogP) is 3.47. The molecule has 0 saturated heterocycles. The highest BCUT2D eigenvalue weighted by molar-refractivity contribution is 5.55. The Bertz CT molecular complexity index is 600. The van der Waals surface area contributed by atoms with Crippen LogP contribution in [0.1, 0.15) is 37.3 Å². The molecule has 0 N–H and O–H groups in total. The third-order valence-electron chi connectivity index (χ3n) is 3.57. The summed E-state index contributed by atoms with van der Waals surface area (Å²) in [5.41, 5.74) is -0.920. The highest BCUT2D eigenvalue weighted by Gasteiger charge is 2.36. The minimum atomic E-state index is -4.45. The fourth-order valence-electron chi connectivity index (χ4n) is 2.65. The second-order valence-corrected chi connectivity index (χ2v) is 4.86. The Balaban J connectivity index is 2.08. The first-order valence-corrected chi connectivity index (χ1v) is 6.49. The zero-order chi connectivity index (χ0) is 14.2. The Morgan fingerprint density at radius 2 is 1.90 bits per heavy atom. The summed E-state index contributed by atoms with van der Waals surface area (Å²) in [5.74, 6) is 0.199. The summed E-state index contributed by atoms with van der Waals surface area (Å²) in [7, 11) is 0. The van der Waals surface area contributed by atoms with Gasteiger partial charge in [0, 0.05) is 6.20 Å². The van der Waals surface area contributed by atoms with Crippen molar-refractivity contribution in [3.05, 3.63) is 30.2 Å². The summed E-state index contributed by atoms with van der Waals surface area (Å²) >= 11 is 0. The standard InChI is InChI=1S/C13H13F3N4/c14-13(15,16)10-6-3-7-17-11(10)12-18-8-19-20(12)9-4-1-2-5-9/h3,6-9H,1-2,4-5H2. The van der Waals surface area contributed by atoms with Crippen LogP contribution in [0.2, 0.25) is 0 Å². The van der Waals surface area contributed by atoms with Gasteiger partial charge in [0.25, 0.3) is 0 Å². The summed E-state index contributed by atoms with van der Waals surface area (Å²) in [4.78, 5) is 7.87. The normalized spacial score (nSPS) is 16.8. The maximum atomic E-state index is 13.1. The molecule has 1 aliphatic carbocycles. The summed E-state index contributed by atoms with van der Waals surface area (Å²) in [5, 5.41) is 4.10. The van der Waals surface area contributed by atoms with Gasteiger partial charge in [-0.1, -0.05) is 12.8 Å². The summed E-state index contributed by atoms with van der Waals surface area (Å²) in [6.45, 7) is 0. The van der Waals surface area contributed by atoms with Crippen molar-refractivity contribution < 1.29 is 13.2 Å². The van der Waals surface area contributed by atoms with Gasteiger partial charge in [0.05, 0.1) is 11.6 Å². The number of aromatic nitrogens is 4. The Morgan fingerprint density at radius 3 is 2.60 bits per heavy atom. The van der Waals surface area contributed by atoms with Gasteiger partial charge in [0.15, 0.2) is 5.82 Å². The number of pyridine rings is 1. The molecule has 0 amide bonds. The van der Waals surface area contributed by atoms with E-state index in [0.717, 1.165) is 31.7 Å². The SMILES string of the molecule is FC(F)(F)c1cccnc1-c1ncnn1C1CCCC1. The number of hydrogen-bond donors (Lipinski definition) is 0. The van der Waals surface area contributed by atoms with Crippen LogP contribution >= 0.6 is 0 Å². The van der Waals surface area contributed by atoms with E-state index >= 15 is 0 Å². The predicted molar refractivity (Wildman–Crippen MR) is 65.8 cm³/mol. The zero-order valence-corrected chi connectivity index (χ0v) is 10.6. The number of rotatable bonds is 2. The quantitative estimate of drug-likeness (QED) is 0.847. The van der Waals surface area contributed by atoms with E-state index in [1.54, 1.807) is 4.68 Å². The highest BCUT2D eigenvalue weighted by atomic mass is 19.4. The van der Waals surface area contributed by atoms with Gasteiger partial charge in [0.2, 0.25) is 0 Å². The average Bonchev–Trinajstić information content (AvgIpc) is 3.08. The van der Waals surface area contributed by atoms with E-state index in [4.69, 9.17) is 0 Å². The first-order chi connectivity index (χ1) is 9.57. The highest BCUT2D eigenvalue weighted by Crippen LogP contribution is 2.37. The smallest absolute Gasteiger partial charge is 0.252 e. The molecule has 2 aromatic rings. The van der Waals surface area contributed by atoms with E-state index in [2.05, 4.69) is 15.1 Å². The molecule has 0 aromatic carbocycles. The van der Waals surface area contributed by atoms with E-state index in [0.29, 0.717) is 0 Å². The van der Waals surface area contributed by atoms with Crippen LogP contribution in [-0.2, 0) is 6.18 Å². The van der Waals surface area contributed by atoms with E-state index in [9.17, 15) is 13.2 Å². The molecule has 0 unspecified atom stereocenters. The monoisotopic (exact) mass is 282 g/mol. The molecular weight excluding hydrogens is 269 g/mol. The second kappa shape index (κ2) is 4.88. The van der Waals surface area contributed by atoms with Crippen molar-refractivity contribution in [2.24, 2.45) is 0 Å². The summed E-state index contributed by atoms with van der Waals surface area (Å²) in [6, 6.07) is 2.43. The fraction of sp³-hybridized carbons (Fsp3) is 0.462. The van der Waals surface area contributed by atoms with Gasteiger partial charge in [-0.2, -0.15) is 18.3 Å². The Hall–Kier alpha value is -1.92. The third kappa shape index (κ3) is 2.28. The minimum Gasteiger partial charge on any atom is -0.252 e. The van der Waals surface area contributed by atoms with Gasteiger partial charge in [-0.15, -0.1) is 0 Å². The second-order valence-electron chi connectivity index (χ2n) is 4.86. The Kier molecular flexibility index (Phi) is 3.19. The molecule has 20 heavy (non-hydrogen) atoms. The largest absolute Gasteiger partial charge is 0.418 e. The van der Waals surface area contributed by atoms with Crippen LogP contribution in [0.15, 0.2) is 24.7 Å². The Morgan fingerprint density at radius 1 is 1.15 bits per heavy atom. The number of nitrogens with zero attached hydrogens (tertiary/aromatic N) is 4. The molecule has 106 valence electrons. The topological polar surface area (TPSA) is 43.6 Å². The molecule has 1 saturated carbocycles. The number of halogens is 3. The van der Waals surface area contributed by atoms with Crippen LogP contribution in [0.3, 0.4) is 0 Å². The van der Waals surface area contributed by atoms with Crippen molar-refractivity contribution in [2.75, 3.05) is 0 Å². The van der Waals surface area contributed by atoms with E-state index in [1.165, 1.54) is 18.6 Å². The van der Waals surface area contributed by atoms with Crippen molar-refractivity contribution in [3.8, 4) is 11.5 Å². The summed E-state index contributed by atoms with van der Waals surface area (Å²) in [6.07, 6.45) is 2.17. The molecule has 0 aliphatic heterocycles. The van der Waals surface area contributed by atoms with Crippen LogP contribution in [0.25, 0.3) is 11.5 Å². The van der Waals surface area contributed by atoms with Crippen LogP contribution < -0.4 is 0 Å². The lowest BCUT2D eigenvalue weighted by Crippen LogP contribution is -2.13. The fourth-order valence-corrected chi connectivity index (χ4v) is 2.65. The lowest BCUT2D eigenvalue weighted by molar-refractivity contribution is -0.137. The van der Waals surface area contributed by atoms with Gasteiger partial charge in [0.1, 0.15) is 12.0 Å². The lowest BCUT2D eigenvalue weighted by atomic mass is 10.1. The molecule has 0 atom stereocenters. The van der Waals surface area contributed by atoms with Crippen LogP contribution in [0, 0.1) is 0 Å². The maximum Gasteiger partial charge on any atom is 0.418 e. The third-order valence-corrected chi connectivity index (χ3v) is 3.57. The van der Waals surface area contributed by atoms with Crippen molar-refractivity contribution in [2.45, 2.75) is 37.9 Å². The first-order valence-electron chi connectivity index (χ1n) is 6.49. The van der Waals surface area contributed by atoms with Gasteiger partial charge in [-0.25, -0.2) is 9.67 Å². The van der Waals surface area contributed by atoms with Gasteiger partial charge in [-0.3, -0.25) is 4.98 Å². The minimum absolute atomic E-state index is 0.121. The molecule has 2 heterocycles.